The van der Waals surface area contributed by atoms with Crippen LogP contribution >= 0.6 is 0 Å². The van der Waals surface area contributed by atoms with Crippen molar-refractivity contribution in [3.8, 4) is 5.75 Å². The minimum Gasteiger partial charge on any atom is -0.496 e. The maximum absolute atomic E-state index is 5.28. The van der Waals surface area contributed by atoms with E-state index in [0.29, 0.717) is 0 Å². The summed E-state index contributed by atoms with van der Waals surface area (Å²) in [5.41, 5.74) is 4.07. The third kappa shape index (κ3) is 2.47. The van der Waals surface area contributed by atoms with Crippen molar-refractivity contribution in [1.82, 2.24) is 5.48 Å². The first-order valence-corrected chi connectivity index (χ1v) is 4.74. The van der Waals surface area contributed by atoms with E-state index in [2.05, 4.69) is 12.4 Å². The van der Waals surface area contributed by atoms with Crippen molar-refractivity contribution in [2.24, 2.45) is 0 Å². The lowest BCUT2D eigenvalue weighted by Crippen LogP contribution is -2.19. The highest BCUT2D eigenvalue weighted by Gasteiger charge is 2.12. The number of hydrogen-bond donors (Lipinski definition) is 1. The van der Waals surface area contributed by atoms with E-state index in [9.17, 15) is 0 Å². The van der Waals surface area contributed by atoms with Crippen LogP contribution in [0.4, 0.5) is 0 Å². The SMILES string of the molecule is CCC(NOC)c1ccccc1OC. The number of benzene rings is 1. The minimum atomic E-state index is 0.177. The van der Waals surface area contributed by atoms with Gasteiger partial charge in [-0.15, -0.1) is 0 Å². The van der Waals surface area contributed by atoms with Crippen molar-refractivity contribution < 1.29 is 9.57 Å². The molecule has 1 aromatic rings. The summed E-state index contributed by atoms with van der Waals surface area (Å²) in [7, 11) is 3.30. The van der Waals surface area contributed by atoms with Crippen LogP contribution in [-0.4, -0.2) is 14.2 Å². The Morgan fingerprint density at radius 3 is 2.57 bits per heavy atom. The normalized spacial score (nSPS) is 12.5. The third-order valence-electron chi connectivity index (χ3n) is 2.18. The Morgan fingerprint density at radius 2 is 2.00 bits per heavy atom. The molecule has 1 N–H and O–H groups in total. The molecule has 3 heteroatoms. The monoisotopic (exact) mass is 195 g/mol. The molecule has 14 heavy (non-hydrogen) atoms. The fraction of sp³-hybridized carbons (Fsp3) is 0.455. The summed E-state index contributed by atoms with van der Waals surface area (Å²) < 4.78 is 5.28. The van der Waals surface area contributed by atoms with Crippen LogP contribution in [0.15, 0.2) is 24.3 Å². The van der Waals surface area contributed by atoms with Crippen molar-refractivity contribution >= 4 is 0 Å². The largest absolute Gasteiger partial charge is 0.496 e. The van der Waals surface area contributed by atoms with E-state index in [1.54, 1.807) is 14.2 Å². The molecule has 1 unspecified atom stereocenters. The molecular weight excluding hydrogens is 178 g/mol. The molecule has 0 aliphatic heterocycles. The predicted octanol–water partition coefficient (Wildman–Crippen LogP) is 2.30. The number of ether oxygens (including phenoxy) is 1. The number of hydrogen-bond acceptors (Lipinski definition) is 3. The van der Waals surface area contributed by atoms with Crippen LogP contribution in [0.3, 0.4) is 0 Å². The third-order valence-corrected chi connectivity index (χ3v) is 2.18. The van der Waals surface area contributed by atoms with E-state index in [1.807, 2.05) is 24.3 Å². The zero-order valence-corrected chi connectivity index (χ0v) is 8.91. The zero-order chi connectivity index (χ0) is 10.4. The first kappa shape index (κ1) is 11.0. The van der Waals surface area contributed by atoms with Crippen LogP contribution in [-0.2, 0) is 4.84 Å². The molecule has 1 aromatic carbocycles. The summed E-state index contributed by atoms with van der Waals surface area (Å²) in [4.78, 5) is 4.94. The van der Waals surface area contributed by atoms with Gasteiger partial charge in [-0.05, 0) is 12.5 Å². The Hall–Kier alpha value is -1.06. The minimum absolute atomic E-state index is 0.177. The summed E-state index contributed by atoms with van der Waals surface area (Å²) in [6, 6.07) is 8.13. The summed E-state index contributed by atoms with van der Waals surface area (Å²) in [6.07, 6.45) is 0.953. The number of para-hydroxylation sites is 1. The van der Waals surface area contributed by atoms with Crippen molar-refractivity contribution in [2.45, 2.75) is 19.4 Å². The van der Waals surface area contributed by atoms with Gasteiger partial charge in [-0.2, -0.15) is 5.48 Å². The molecule has 0 bridgehead atoms. The number of nitrogens with one attached hydrogen (secondary N) is 1. The molecule has 0 spiro atoms. The Kier molecular flexibility index (Phi) is 4.43. The van der Waals surface area contributed by atoms with Gasteiger partial charge in [0, 0.05) is 5.56 Å². The van der Waals surface area contributed by atoms with Crippen molar-refractivity contribution in [1.29, 1.82) is 0 Å². The Labute approximate surface area is 85.0 Å². The van der Waals surface area contributed by atoms with Crippen LogP contribution in [0.1, 0.15) is 24.9 Å². The Morgan fingerprint density at radius 1 is 1.29 bits per heavy atom. The lowest BCUT2D eigenvalue weighted by molar-refractivity contribution is 0.0585. The van der Waals surface area contributed by atoms with Crippen molar-refractivity contribution in [3.63, 3.8) is 0 Å². The predicted molar refractivity (Wildman–Crippen MR) is 56.2 cm³/mol. The zero-order valence-electron chi connectivity index (χ0n) is 8.91. The highest BCUT2D eigenvalue weighted by Crippen LogP contribution is 2.26. The number of hydroxylamine groups is 1. The lowest BCUT2D eigenvalue weighted by Gasteiger charge is -2.18. The molecule has 0 heterocycles. The molecule has 3 nitrogen and oxygen atoms in total. The van der Waals surface area contributed by atoms with E-state index >= 15 is 0 Å². The van der Waals surface area contributed by atoms with Gasteiger partial charge in [0.25, 0.3) is 0 Å². The molecule has 1 rings (SSSR count). The Bertz CT molecular complexity index is 276. The summed E-state index contributed by atoms with van der Waals surface area (Å²) in [5.74, 6) is 0.893. The van der Waals surface area contributed by atoms with Gasteiger partial charge in [0.15, 0.2) is 0 Å². The summed E-state index contributed by atoms with van der Waals surface area (Å²) >= 11 is 0. The van der Waals surface area contributed by atoms with Gasteiger partial charge in [0.05, 0.1) is 20.3 Å². The van der Waals surface area contributed by atoms with Crippen LogP contribution in [0, 0.1) is 0 Å². The molecule has 0 saturated heterocycles. The van der Waals surface area contributed by atoms with Crippen LogP contribution in [0.2, 0.25) is 0 Å². The highest BCUT2D eigenvalue weighted by atomic mass is 16.6. The van der Waals surface area contributed by atoms with E-state index in [4.69, 9.17) is 9.57 Å². The van der Waals surface area contributed by atoms with Crippen LogP contribution < -0.4 is 10.2 Å². The number of rotatable bonds is 5. The van der Waals surface area contributed by atoms with E-state index in [1.165, 1.54) is 0 Å². The van der Waals surface area contributed by atoms with Crippen LogP contribution in [0.25, 0.3) is 0 Å². The average Bonchev–Trinajstić information content (AvgIpc) is 2.26. The second-order valence-corrected chi connectivity index (χ2v) is 3.02. The smallest absolute Gasteiger partial charge is 0.123 e. The molecule has 0 fully saturated rings. The molecule has 78 valence electrons. The first-order valence-electron chi connectivity index (χ1n) is 4.74. The standard InChI is InChI=1S/C11H17NO2/c1-4-10(12-14-3)9-7-5-6-8-11(9)13-2/h5-8,10,12H,4H2,1-3H3. The van der Waals surface area contributed by atoms with Gasteiger partial charge in [-0.25, -0.2) is 0 Å². The topological polar surface area (TPSA) is 30.5 Å². The number of methoxy groups -OCH3 is 1. The quantitative estimate of drug-likeness (QED) is 0.731. The van der Waals surface area contributed by atoms with Gasteiger partial charge in [-0.3, -0.25) is 0 Å². The Balaban J connectivity index is 2.90. The van der Waals surface area contributed by atoms with Gasteiger partial charge in [0.1, 0.15) is 5.75 Å². The van der Waals surface area contributed by atoms with E-state index in [-0.39, 0.29) is 6.04 Å². The van der Waals surface area contributed by atoms with Gasteiger partial charge < -0.3 is 9.57 Å². The summed E-state index contributed by atoms with van der Waals surface area (Å²) in [6.45, 7) is 2.10. The lowest BCUT2D eigenvalue weighted by atomic mass is 10.0. The molecule has 0 saturated carbocycles. The maximum atomic E-state index is 5.28. The molecule has 0 aliphatic carbocycles. The van der Waals surface area contributed by atoms with Crippen molar-refractivity contribution in [2.75, 3.05) is 14.2 Å². The van der Waals surface area contributed by atoms with Crippen LogP contribution in [0.5, 0.6) is 5.75 Å². The van der Waals surface area contributed by atoms with Gasteiger partial charge >= 0.3 is 0 Å². The molecule has 0 aromatic heterocycles. The summed E-state index contributed by atoms with van der Waals surface area (Å²) in [5, 5.41) is 0. The maximum Gasteiger partial charge on any atom is 0.123 e. The highest BCUT2D eigenvalue weighted by molar-refractivity contribution is 5.35. The van der Waals surface area contributed by atoms with Crippen molar-refractivity contribution in [3.05, 3.63) is 29.8 Å². The van der Waals surface area contributed by atoms with E-state index < -0.39 is 0 Å². The second-order valence-electron chi connectivity index (χ2n) is 3.02. The van der Waals surface area contributed by atoms with Gasteiger partial charge in [-0.1, -0.05) is 25.1 Å². The first-order chi connectivity index (χ1) is 6.83. The fourth-order valence-corrected chi connectivity index (χ4v) is 1.46. The molecule has 0 amide bonds. The van der Waals surface area contributed by atoms with E-state index in [0.717, 1.165) is 17.7 Å². The second kappa shape index (κ2) is 5.62. The van der Waals surface area contributed by atoms with Gasteiger partial charge in [0.2, 0.25) is 0 Å². The molecule has 1 atom stereocenters. The fourth-order valence-electron chi connectivity index (χ4n) is 1.46. The average molecular weight is 195 g/mol. The molecular formula is C11H17NO2. The molecule has 0 aliphatic rings. The molecule has 0 radical (unpaired) electrons.